The molecule has 1 aromatic carbocycles. The van der Waals surface area contributed by atoms with Crippen LogP contribution in [0, 0.1) is 25.7 Å². The van der Waals surface area contributed by atoms with Gasteiger partial charge < -0.3 is 5.32 Å². The van der Waals surface area contributed by atoms with Crippen LogP contribution < -0.4 is 5.32 Å². The van der Waals surface area contributed by atoms with Gasteiger partial charge in [0.25, 0.3) is 0 Å². The van der Waals surface area contributed by atoms with E-state index in [1.165, 1.54) is 48.8 Å². The van der Waals surface area contributed by atoms with Crippen molar-refractivity contribution in [2.24, 2.45) is 11.8 Å². The van der Waals surface area contributed by atoms with E-state index in [1.54, 1.807) is 0 Å². The maximum atomic E-state index is 3.79. The van der Waals surface area contributed by atoms with E-state index in [0.717, 1.165) is 24.4 Å². The van der Waals surface area contributed by atoms with Crippen molar-refractivity contribution in [1.82, 2.24) is 5.32 Å². The molecular weight excluding hydrogens is 218 g/mol. The van der Waals surface area contributed by atoms with Crippen molar-refractivity contribution >= 4 is 0 Å². The first-order chi connectivity index (χ1) is 8.72. The van der Waals surface area contributed by atoms with Crippen LogP contribution in [0.25, 0.3) is 0 Å². The summed E-state index contributed by atoms with van der Waals surface area (Å²) in [4.78, 5) is 0. The molecule has 0 heterocycles. The van der Waals surface area contributed by atoms with Crippen molar-refractivity contribution in [1.29, 1.82) is 0 Å². The molecule has 0 bridgehead atoms. The van der Waals surface area contributed by atoms with Gasteiger partial charge in [-0.05, 0) is 49.7 Å². The van der Waals surface area contributed by atoms with Gasteiger partial charge in [0.15, 0.2) is 0 Å². The van der Waals surface area contributed by atoms with Crippen molar-refractivity contribution in [3.8, 4) is 0 Å². The smallest absolute Gasteiger partial charge is 0.0210 e. The lowest BCUT2D eigenvalue weighted by Crippen LogP contribution is -2.26. The van der Waals surface area contributed by atoms with Crippen molar-refractivity contribution < 1.29 is 0 Å². The summed E-state index contributed by atoms with van der Waals surface area (Å²) in [5.41, 5.74) is 4.27. The lowest BCUT2D eigenvalue weighted by molar-refractivity contribution is 0.457. The van der Waals surface area contributed by atoms with E-state index in [2.05, 4.69) is 37.4 Å². The van der Waals surface area contributed by atoms with E-state index in [4.69, 9.17) is 0 Å². The Morgan fingerprint density at radius 1 is 1.11 bits per heavy atom. The summed E-state index contributed by atoms with van der Waals surface area (Å²) >= 11 is 0. The average Bonchev–Trinajstić information content (AvgIpc) is 2.88. The molecule has 2 aliphatic rings. The van der Waals surface area contributed by atoms with Crippen LogP contribution in [0.15, 0.2) is 18.2 Å². The Kier molecular flexibility index (Phi) is 3.43. The van der Waals surface area contributed by atoms with Crippen LogP contribution in [0.2, 0.25) is 0 Å². The van der Waals surface area contributed by atoms with Crippen molar-refractivity contribution in [3.63, 3.8) is 0 Å². The molecule has 0 aromatic heterocycles. The van der Waals surface area contributed by atoms with Crippen molar-refractivity contribution in [2.75, 3.05) is 0 Å². The second-order valence-electron chi connectivity index (χ2n) is 6.43. The van der Waals surface area contributed by atoms with E-state index >= 15 is 0 Å². The zero-order chi connectivity index (χ0) is 12.5. The number of hydrogen-bond donors (Lipinski definition) is 1. The minimum Gasteiger partial charge on any atom is -0.310 e. The molecule has 1 nitrogen and oxygen atoms in total. The van der Waals surface area contributed by atoms with Crippen LogP contribution in [0.5, 0.6) is 0 Å². The van der Waals surface area contributed by atoms with Gasteiger partial charge in [-0.25, -0.2) is 0 Å². The Morgan fingerprint density at radius 2 is 1.83 bits per heavy atom. The maximum absolute atomic E-state index is 3.79. The molecule has 0 saturated heterocycles. The molecule has 98 valence electrons. The Labute approximate surface area is 111 Å². The van der Waals surface area contributed by atoms with Gasteiger partial charge in [-0.15, -0.1) is 0 Å². The minimum absolute atomic E-state index is 0.779. The first kappa shape index (κ1) is 12.2. The molecule has 2 saturated carbocycles. The Hall–Kier alpha value is -0.820. The van der Waals surface area contributed by atoms with Gasteiger partial charge in [-0.2, -0.15) is 0 Å². The fourth-order valence-corrected chi connectivity index (χ4v) is 4.03. The highest BCUT2D eigenvalue weighted by atomic mass is 14.9. The third-order valence-corrected chi connectivity index (χ3v) is 5.07. The Morgan fingerprint density at radius 3 is 2.50 bits per heavy atom. The maximum Gasteiger partial charge on any atom is 0.0210 e. The third-order valence-electron chi connectivity index (χ3n) is 5.07. The molecule has 2 atom stereocenters. The fraction of sp³-hybridized carbons (Fsp3) is 0.647. The van der Waals surface area contributed by atoms with Gasteiger partial charge in [-0.3, -0.25) is 0 Å². The summed E-state index contributed by atoms with van der Waals surface area (Å²) in [6.45, 7) is 5.45. The lowest BCUT2D eigenvalue weighted by Gasteiger charge is -2.15. The molecule has 0 aliphatic heterocycles. The summed E-state index contributed by atoms with van der Waals surface area (Å²) < 4.78 is 0. The number of aryl methyl sites for hydroxylation is 2. The summed E-state index contributed by atoms with van der Waals surface area (Å²) in [6.07, 6.45) is 7.32. The van der Waals surface area contributed by atoms with Gasteiger partial charge in [0.05, 0.1) is 0 Å². The molecule has 1 heteroatoms. The third kappa shape index (κ3) is 2.47. The van der Waals surface area contributed by atoms with E-state index in [0.29, 0.717) is 0 Å². The summed E-state index contributed by atoms with van der Waals surface area (Å²) in [5, 5.41) is 3.79. The minimum atomic E-state index is 0.779. The number of hydrogen-bond acceptors (Lipinski definition) is 1. The van der Waals surface area contributed by atoms with Gasteiger partial charge in [0, 0.05) is 12.6 Å². The highest BCUT2D eigenvalue weighted by Gasteiger charge is 2.36. The predicted molar refractivity (Wildman–Crippen MR) is 76.6 cm³/mol. The Balaban J connectivity index is 1.55. The SMILES string of the molecule is Cc1ccc(CNC2CC3CCCC3C2)c(C)c1. The molecule has 0 amide bonds. The monoisotopic (exact) mass is 243 g/mol. The first-order valence-corrected chi connectivity index (χ1v) is 7.52. The molecule has 0 radical (unpaired) electrons. The van der Waals surface area contributed by atoms with Crippen LogP contribution >= 0.6 is 0 Å². The fourth-order valence-electron chi connectivity index (χ4n) is 4.03. The number of benzene rings is 1. The summed E-state index contributed by atoms with van der Waals surface area (Å²) in [7, 11) is 0. The van der Waals surface area contributed by atoms with Crippen LogP contribution in [0.4, 0.5) is 0 Å². The van der Waals surface area contributed by atoms with Crippen molar-refractivity contribution in [2.45, 2.75) is 58.5 Å². The molecule has 2 unspecified atom stereocenters. The first-order valence-electron chi connectivity index (χ1n) is 7.52. The van der Waals surface area contributed by atoms with Crippen LogP contribution in [-0.2, 0) is 6.54 Å². The topological polar surface area (TPSA) is 12.0 Å². The van der Waals surface area contributed by atoms with E-state index in [1.807, 2.05) is 0 Å². The largest absolute Gasteiger partial charge is 0.310 e. The summed E-state index contributed by atoms with van der Waals surface area (Å²) in [5.74, 6) is 2.09. The molecular formula is C17H25N. The van der Waals surface area contributed by atoms with Crippen molar-refractivity contribution in [3.05, 3.63) is 34.9 Å². The summed E-state index contributed by atoms with van der Waals surface area (Å²) in [6, 6.07) is 7.59. The zero-order valence-electron chi connectivity index (χ0n) is 11.7. The quantitative estimate of drug-likeness (QED) is 0.847. The van der Waals surface area contributed by atoms with E-state index in [9.17, 15) is 0 Å². The van der Waals surface area contributed by atoms with Crippen LogP contribution in [0.1, 0.15) is 48.8 Å². The molecule has 3 rings (SSSR count). The van der Waals surface area contributed by atoms with E-state index in [-0.39, 0.29) is 0 Å². The molecule has 1 N–H and O–H groups in total. The predicted octanol–water partition coefficient (Wildman–Crippen LogP) is 3.97. The molecule has 18 heavy (non-hydrogen) atoms. The zero-order valence-corrected chi connectivity index (χ0v) is 11.7. The number of fused-ring (bicyclic) bond motifs is 1. The average molecular weight is 243 g/mol. The van der Waals surface area contributed by atoms with Gasteiger partial charge in [0.2, 0.25) is 0 Å². The Bertz CT molecular complexity index is 412. The number of rotatable bonds is 3. The normalized spacial score (nSPS) is 30.7. The van der Waals surface area contributed by atoms with Gasteiger partial charge in [-0.1, -0.05) is 43.0 Å². The second-order valence-corrected chi connectivity index (χ2v) is 6.43. The second kappa shape index (κ2) is 5.05. The highest BCUT2D eigenvalue weighted by Crippen LogP contribution is 2.43. The molecule has 0 spiro atoms. The van der Waals surface area contributed by atoms with Crippen LogP contribution in [0.3, 0.4) is 0 Å². The molecule has 2 aliphatic carbocycles. The lowest BCUT2D eigenvalue weighted by atomic mass is 10.0. The molecule has 1 aromatic rings. The van der Waals surface area contributed by atoms with Crippen LogP contribution in [-0.4, -0.2) is 6.04 Å². The van der Waals surface area contributed by atoms with E-state index < -0.39 is 0 Å². The highest BCUT2D eigenvalue weighted by molar-refractivity contribution is 5.30. The standard InChI is InChI=1S/C17H25N/c1-12-6-7-16(13(2)8-12)11-18-17-9-14-4-3-5-15(14)10-17/h6-8,14-15,17-18H,3-5,9-11H2,1-2H3. The number of nitrogens with one attached hydrogen (secondary N) is 1. The van der Waals surface area contributed by atoms with Gasteiger partial charge >= 0.3 is 0 Å². The van der Waals surface area contributed by atoms with Gasteiger partial charge in [0.1, 0.15) is 0 Å². The molecule has 2 fully saturated rings.